The summed E-state index contributed by atoms with van der Waals surface area (Å²) in [7, 11) is 1.62. The number of nitrogens with zero attached hydrogens (tertiary/aromatic N) is 1. The van der Waals surface area contributed by atoms with Gasteiger partial charge in [0.05, 0.1) is 13.2 Å². The van der Waals surface area contributed by atoms with Crippen molar-refractivity contribution in [2.24, 2.45) is 0 Å². The van der Waals surface area contributed by atoms with Crippen LogP contribution >= 0.6 is 0 Å². The van der Waals surface area contributed by atoms with Crippen molar-refractivity contribution in [1.82, 2.24) is 10.6 Å². The first-order valence-electron chi connectivity index (χ1n) is 11.7. The van der Waals surface area contributed by atoms with Crippen LogP contribution in [0.4, 0.5) is 10.5 Å². The van der Waals surface area contributed by atoms with Crippen molar-refractivity contribution in [2.45, 2.75) is 89.1 Å². The second kappa shape index (κ2) is 11.8. The van der Waals surface area contributed by atoms with Crippen LogP contribution in [0.1, 0.15) is 77.0 Å². The van der Waals surface area contributed by atoms with Gasteiger partial charge in [-0.05, 0) is 37.1 Å². The molecule has 1 aromatic rings. The number of rotatable bonds is 4. The molecule has 1 aromatic carbocycles. The van der Waals surface area contributed by atoms with Gasteiger partial charge in [-0.2, -0.15) is 0 Å². The Morgan fingerprint density at radius 3 is 1.97 bits per heavy atom. The summed E-state index contributed by atoms with van der Waals surface area (Å²) in [6.45, 7) is 0.503. The molecule has 6 nitrogen and oxygen atoms in total. The molecule has 0 bridgehead atoms. The summed E-state index contributed by atoms with van der Waals surface area (Å²) >= 11 is 0. The first-order valence-corrected chi connectivity index (χ1v) is 11.7. The molecule has 1 aliphatic carbocycles. The monoisotopic (exact) mass is 415 g/mol. The predicted molar refractivity (Wildman–Crippen MR) is 120 cm³/mol. The van der Waals surface area contributed by atoms with Crippen molar-refractivity contribution in [1.29, 1.82) is 0 Å². The van der Waals surface area contributed by atoms with Gasteiger partial charge < -0.3 is 20.3 Å². The van der Waals surface area contributed by atoms with Crippen LogP contribution in [-0.2, 0) is 4.79 Å². The molecule has 0 unspecified atom stereocenters. The van der Waals surface area contributed by atoms with E-state index in [0.29, 0.717) is 13.0 Å². The summed E-state index contributed by atoms with van der Waals surface area (Å²) in [6.07, 6.45) is 14.0. The summed E-state index contributed by atoms with van der Waals surface area (Å²) < 4.78 is 5.18. The van der Waals surface area contributed by atoms with Crippen LogP contribution in [-0.4, -0.2) is 37.7 Å². The molecular weight excluding hydrogens is 378 g/mol. The highest BCUT2D eigenvalue weighted by molar-refractivity contribution is 5.96. The van der Waals surface area contributed by atoms with Gasteiger partial charge in [0.15, 0.2) is 0 Å². The second-order valence-corrected chi connectivity index (χ2v) is 8.68. The van der Waals surface area contributed by atoms with Gasteiger partial charge in [0, 0.05) is 24.7 Å². The van der Waals surface area contributed by atoms with Gasteiger partial charge >= 0.3 is 6.03 Å². The van der Waals surface area contributed by atoms with Crippen LogP contribution in [0.2, 0.25) is 0 Å². The van der Waals surface area contributed by atoms with E-state index in [1.54, 1.807) is 12.0 Å². The minimum Gasteiger partial charge on any atom is -0.497 e. The Morgan fingerprint density at radius 2 is 1.40 bits per heavy atom. The third kappa shape index (κ3) is 6.92. The lowest BCUT2D eigenvalue weighted by atomic mass is 9.98. The quantitative estimate of drug-likeness (QED) is 0.744. The van der Waals surface area contributed by atoms with Crippen molar-refractivity contribution in [3.63, 3.8) is 0 Å². The first kappa shape index (κ1) is 22.4. The number of methoxy groups -OCH3 is 1. The van der Waals surface area contributed by atoms with E-state index in [1.807, 2.05) is 24.3 Å². The SMILES string of the molecule is COc1ccc(N2C[C@@H](NC(=O)NC3CCCCCCCCCCC3)CC2=O)cc1. The lowest BCUT2D eigenvalue weighted by molar-refractivity contribution is -0.117. The van der Waals surface area contributed by atoms with Gasteiger partial charge in [0.1, 0.15) is 5.75 Å². The molecule has 1 heterocycles. The van der Waals surface area contributed by atoms with Crippen LogP contribution in [0.5, 0.6) is 5.75 Å². The number of amides is 3. The van der Waals surface area contributed by atoms with Crippen molar-refractivity contribution in [3.8, 4) is 5.75 Å². The Bertz CT molecular complexity index is 665. The van der Waals surface area contributed by atoms with Gasteiger partial charge in [0.2, 0.25) is 5.91 Å². The van der Waals surface area contributed by atoms with Crippen molar-refractivity contribution >= 4 is 17.6 Å². The zero-order chi connectivity index (χ0) is 21.2. The summed E-state index contributed by atoms with van der Waals surface area (Å²) in [6, 6.07) is 7.39. The van der Waals surface area contributed by atoms with Crippen LogP contribution in [0, 0.1) is 0 Å². The number of nitrogens with one attached hydrogen (secondary N) is 2. The Hall–Kier alpha value is -2.24. The Kier molecular flexibility index (Phi) is 8.84. The molecule has 6 heteroatoms. The fourth-order valence-corrected chi connectivity index (χ4v) is 4.54. The summed E-state index contributed by atoms with van der Waals surface area (Å²) in [4.78, 5) is 26.8. The van der Waals surface area contributed by atoms with Crippen LogP contribution < -0.4 is 20.3 Å². The molecule has 166 valence electrons. The highest BCUT2D eigenvalue weighted by Gasteiger charge is 2.31. The minimum absolute atomic E-state index is 0.0384. The first-order chi connectivity index (χ1) is 14.7. The maximum atomic E-state index is 12.6. The maximum absolute atomic E-state index is 12.6. The molecule has 30 heavy (non-hydrogen) atoms. The molecule has 1 saturated heterocycles. The minimum atomic E-state index is -0.161. The van der Waals surface area contributed by atoms with E-state index in [4.69, 9.17) is 4.74 Å². The van der Waals surface area contributed by atoms with Crippen molar-refractivity contribution in [3.05, 3.63) is 24.3 Å². The number of ether oxygens (including phenoxy) is 1. The van der Waals surface area contributed by atoms with E-state index < -0.39 is 0 Å². The number of hydrogen-bond donors (Lipinski definition) is 2. The van der Waals surface area contributed by atoms with Crippen LogP contribution in [0.25, 0.3) is 0 Å². The summed E-state index contributed by atoms with van der Waals surface area (Å²) in [5, 5.41) is 6.21. The Balaban J connectivity index is 1.47. The van der Waals surface area contributed by atoms with E-state index in [2.05, 4.69) is 10.6 Å². The smallest absolute Gasteiger partial charge is 0.315 e. The zero-order valence-corrected chi connectivity index (χ0v) is 18.3. The van der Waals surface area contributed by atoms with Crippen LogP contribution in [0.3, 0.4) is 0 Å². The third-order valence-electron chi connectivity index (χ3n) is 6.28. The average Bonchev–Trinajstić information content (AvgIpc) is 3.10. The third-order valence-corrected chi connectivity index (χ3v) is 6.28. The lowest BCUT2D eigenvalue weighted by Gasteiger charge is -2.22. The van der Waals surface area contributed by atoms with E-state index in [1.165, 1.54) is 57.8 Å². The van der Waals surface area contributed by atoms with E-state index >= 15 is 0 Å². The summed E-state index contributed by atoms with van der Waals surface area (Å²) in [5.74, 6) is 0.799. The predicted octanol–water partition coefficient (Wildman–Crippen LogP) is 4.77. The largest absolute Gasteiger partial charge is 0.497 e. The number of urea groups is 1. The molecular formula is C24H37N3O3. The fourth-order valence-electron chi connectivity index (χ4n) is 4.54. The number of benzene rings is 1. The molecule has 2 fully saturated rings. The number of carbonyl (C=O) groups is 2. The Labute approximate surface area is 180 Å². The second-order valence-electron chi connectivity index (χ2n) is 8.68. The highest BCUT2D eigenvalue weighted by Crippen LogP contribution is 2.24. The van der Waals surface area contributed by atoms with E-state index in [-0.39, 0.29) is 24.0 Å². The summed E-state index contributed by atoms with van der Waals surface area (Å²) in [5.41, 5.74) is 0.838. The van der Waals surface area contributed by atoms with Gasteiger partial charge in [-0.15, -0.1) is 0 Å². The Morgan fingerprint density at radius 1 is 0.867 bits per heavy atom. The molecule has 1 aliphatic heterocycles. The van der Waals surface area contributed by atoms with E-state index in [9.17, 15) is 9.59 Å². The van der Waals surface area contributed by atoms with Gasteiger partial charge in [-0.25, -0.2) is 4.79 Å². The van der Waals surface area contributed by atoms with Gasteiger partial charge in [-0.1, -0.05) is 57.8 Å². The van der Waals surface area contributed by atoms with Gasteiger partial charge in [0.25, 0.3) is 0 Å². The topological polar surface area (TPSA) is 70.7 Å². The molecule has 2 N–H and O–H groups in total. The highest BCUT2D eigenvalue weighted by atomic mass is 16.5. The van der Waals surface area contributed by atoms with Crippen molar-refractivity contribution < 1.29 is 14.3 Å². The lowest BCUT2D eigenvalue weighted by Crippen LogP contribution is -2.47. The molecule has 3 amide bonds. The molecule has 1 atom stereocenters. The molecule has 0 aromatic heterocycles. The zero-order valence-electron chi connectivity index (χ0n) is 18.3. The maximum Gasteiger partial charge on any atom is 0.315 e. The molecule has 0 radical (unpaired) electrons. The number of carbonyl (C=O) groups excluding carboxylic acids is 2. The van der Waals surface area contributed by atoms with Crippen molar-refractivity contribution in [2.75, 3.05) is 18.6 Å². The molecule has 1 saturated carbocycles. The fraction of sp³-hybridized carbons (Fsp3) is 0.667. The number of anilines is 1. The average molecular weight is 416 g/mol. The number of hydrogen-bond acceptors (Lipinski definition) is 3. The van der Waals surface area contributed by atoms with E-state index in [0.717, 1.165) is 24.3 Å². The standard InChI is InChI=1S/C24H37N3O3/c1-30-22-15-13-21(14-16-22)27-18-20(17-23(27)28)26-24(29)25-19-11-9-7-5-3-2-4-6-8-10-12-19/h13-16,19-20H,2-12,17-18H2,1H3,(H2,25,26,29)/t20-/m0/s1. The normalized spacial score (nSPS) is 22.1. The molecule has 2 aliphatic rings. The molecule has 3 rings (SSSR count). The molecule has 0 spiro atoms. The van der Waals surface area contributed by atoms with Gasteiger partial charge in [-0.3, -0.25) is 4.79 Å². The van der Waals surface area contributed by atoms with Crippen LogP contribution in [0.15, 0.2) is 24.3 Å².